The molecular formula is C35H35ClF3N7O3S. The summed E-state index contributed by atoms with van der Waals surface area (Å²) in [6.07, 6.45) is 2.58. The van der Waals surface area contributed by atoms with E-state index in [1.165, 1.54) is 26.1 Å². The molecule has 2 aromatic heterocycles. The molecule has 2 amide bonds. The molecule has 0 radical (unpaired) electrons. The number of nitriles is 1. The lowest BCUT2D eigenvalue weighted by molar-refractivity contribution is -0.144. The van der Waals surface area contributed by atoms with Gasteiger partial charge in [-0.15, -0.1) is 11.3 Å². The average Bonchev–Trinajstić information content (AvgIpc) is 3.65. The van der Waals surface area contributed by atoms with Gasteiger partial charge in [0, 0.05) is 62.3 Å². The number of nitrogens with zero attached hydrogens (tertiary/aromatic N) is 6. The first-order chi connectivity index (χ1) is 23.9. The maximum absolute atomic E-state index is 17.0. The first kappa shape index (κ1) is 34.3. The fraction of sp³-hybridized carbons (Fsp3) is 0.457. The number of imide groups is 1. The topological polar surface area (TPSA) is 129 Å². The number of hydrogen-bond acceptors (Lipinski definition) is 10. The minimum absolute atomic E-state index is 0.0125. The Bertz CT molecular complexity index is 2090. The summed E-state index contributed by atoms with van der Waals surface area (Å²) < 4.78 is 52.8. The molecule has 15 heteroatoms. The quantitative estimate of drug-likeness (QED) is 0.238. The lowest BCUT2D eigenvalue weighted by Gasteiger charge is -2.31. The molecule has 3 fully saturated rings. The Labute approximate surface area is 295 Å². The molecule has 262 valence electrons. The molecule has 3 saturated heterocycles. The minimum Gasteiger partial charge on any atom is -0.461 e. The van der Waals surface area contributed by atoms with Gasteiger partial charge >= 0.3 is 6.01 Å². The van der Waals surface area contributed by atoms with Crippen LogP contribution in [0.1, 0.15) is 51.0 Å². The number of hydrogen-bond donors (Lipinski definition) is 1. The van der Waals surface area contributed by atoms with Crippen molar-refractivity contribution < 1.29 is 27.5 Å². The zero-order valence-electron chi connectivity index (χ0n) is 27.6. The van der Waals surface area contributed by atoms with E-state index in [-0.39, 0.29) is 72.7 Å². The van der Waals surface area contributed by atoms with Gasteiger partial charge in [-0.3, -0.25) is 19.4 Å². The highest BCUT2D eigenvalue weighted by Gasteiger charge is 2.49. The van der Waals surface area contributed by atoms with E-state index >= 15 is 4.39 Å². The number of carbonyl (C=O) groups is 2. The average molecular weight is 726 g/mol. The molecule has 5 heterocycles. The van der Waals surface area contributed by atoms with Crippen LogP contribution in [0.4, 0.5) is 24.0 Å². The van der Waals surface area contributed by atoms with Crippen LogP contribution in [0.15, 0.2) is 18.2 Å². The lowest BCUT2D eigenvalue weighted by atomic mass is 9.95. The SMILES string of the molecule is CC(=O)N(C)C(=O)C1CCCN(c2nc(OC[C@@]34CCCN3C[C@H](F)C4)nc3c(F)c(-c4ccc(F)c5sc(N)c(C#N)c45)c(Cl)cc23)CC1. The molecule has 2 aromatic carbocycles. The van der Waals surface area contributed by atoms with Crippen LogP contribution >= 0.6 is 22.9 Å². The molecule has 3 atom stereocenters. The van der Waals surface area contributed by atoms with Crippen molar-refractivity contribution in [3.05, 3.63) is 40.4 Å². The van der Waals surface area contributed by atoms with Crippen molar-refractivity contribution in [2.45, 2.75) is 57.2 Å². The minimum atomic E-state index is -0.971. The summed E-state index contributed by atoms with van der Waals surface area (Å²) >= 11 is 7.74. The van der Waals surface area contributed by atoms with Crippen molar-refractivity contribution in [2.24, 2.45) is 5.92 Å². The number of benzene rings is 2. The Morgan fingerprint density at radius 1 is 1.22 bits per heavy atom. The summed E-state index contributed by atoms with van der Waals surface area (Å²) in [5, 5.41) is 10.4. The molecule has 7 rings (SSSR count). The molecule has 50 heavy (non-hydrogen) atoms. The van der Waals surface area contributed by atoms with Gasteiger partial charge in [-0.05, 0) is 56.3 Å². The van der Waals surface area contributed by atoms with Crippen LogP contribution in [0.2, 0.25) is 5.02 Å². The molecular weight excluding hydrogens is 691 g/mol. The predicted molar refractivity (Wildman–Crippen MR) is 186 cm³/mol. The van der Waals surface area contributed by atoms with Crippen LogP contribution in [0.25, 0.3) is 32.1 Å². The molecule has 3 aliphatic heterocycles. The van der Waals surface area contributed by atoms with Crippen molar-refractivity contribution in [3.63, 3.8) is 0 Å². The van der Waals surface area contributed by atoms with Gasteiger partial charge in [0.25, 0.3) is 0 Å². The van der Waals surface area contributed by atoms with Gasteiger partial charge in [0.1, 0.15) is 41.0 Å². The van der Waals surface area contributed by atoms with Gasteiger partial charge in [0.2, 0.25) is 11.8 Å². The predicted octanol–water partition coefficient (Wildman–Crippen LogP) is 6.46. The number of amides is 2. The Morgan fingerprint density at radius 3 is 2.78 bits per heavy atom. The molecule has 4 aromatic rings. The number of thiophene rings is 1. The number of alkyl halides is 1. The van der Waals surface area contributed by atoms with Gasteiger partial charge in [-0.2, -0.15) is 15.2 Å². The monoisotopic (exact) mass is 725 g/mol. The fourth-order valence-electron chi connectivity index (χ4n) is 7.85. The molecule has 2 N–H and O–H groups in total. The number of nitrogen functional groups attached to an aromatic ring is 1. The van der Waals surface area contributed by atoms with Gasteiger partial charge in [-0.25, -0.2) is 13.2 Å². The van der Waals surface area contributed by atoms with Crippen molar-refractivity contribution in [1.29, 1.82) is 5.26 Å². The van der Waals surface area contributed by atoms with Crippen molar-refractivity contribution >= 4 is 66.6 Å². The van der Waals surface area contributed by atoms with E-state index in [1.807, 2.05) is 11.0 Å². The van der Waals surface area contributed by atoms with E-state index < -0.39 is 23.3 Å². The Kier molecular flexibility index (Phi) is 9.03. The summed E-state index contributed by atoms with van der Waals surface area (Å²) in [4.78, 5) is 39.4. The van der Waals surface area contributed by atoms with Crippen LogP contribution < -0.4 is 15.4 Å². The van der Waals surface area contributed by atoms with Crippen molar-refractivity contribution in [1.82, 2.24) is 19.8 Å². The number of carbonyl (C=O) groups excluding carboxylic acids is 2. The summed E-state index contributed by atoms with van der Waals surface area (Å²) in [5.41, 5.74) is 5.58. The third-order valence-corrected chi connectivity index (χ3v) is 11.8. The van der Waals surface area contributed by atoms with Gasteiger partial charge in [0.15, 0.2) is 5.82 Å². The maximum Gasteiger partial charge on any atom is 0.319 e. The van der Waals surface area contributed by atoms with Gasteiger partial charge in [-0.1, -0.05) is 17.7 Å². The summed E-state index contributed by atoms with van der Waals surface area (Å²) in [6, 6.07) is 6.01. The second-order valence-electron chi connectivity index (χ2n) is 13.4. The Hall–Kier alpha value is -4.19. The van der Waals surface area contributed by atoms with E-state index in [1.54, 1.807) is 6.07 Å². The number of anilines is 2. The first-order valence-electron chi connectivity index (χ1n) is 16.6. The molecule has 0 bridgehead atoms. The largest absolute Gasteiger partial charge is 0.461 e. The molecule has 0 spiro atoms. The van der Waals surface area contributed by atoms with Gasteiger partial charge in [0.05, 0.1) is 20.8 Å². The number of ether oxygens (including phenoxy) is 1. The first-order valence-corrected chi connectivity index (χ1v) is 17.8. The third-order valence-electron chi connectivity index (χ3n) is 10.5. The molecule has 1 unspecified atom stereocenters. The van der Waals surface area contributed by atoms with Crippen molar-refractivity contribution in [2.75, 3.05) is 50.5 Å². The highest BCUT2D eigenvalue weighted by Crippen LogP contribution is 2.46. The fourth-order valence-corrected chi connectivity index (χ4v) is 9.10. The van der Waals surface area contributed by atoms with E-state index in [2.05, 4.69) is 9.88 Å². The van der Waals surface area contributed by atoms with Crippen LogP contribution in [-0.2, 0) is 9.59 Å². The molecule has 3 aliphatic rings. The zero-order chi connectivity index (χ0) is 35.5. The van der Waals surface area contributed by atoms with Crippen LogP contribution in [0.3, 0.4) is 0 Å². The number of nitrogens with two attached hydrogens (primary N) is 1. The number of aromatic nitrogens is 2. The van der Waals surface area contributed by atoms with Crippen LogP contribution in [-0.4, -0.2) is 83.1 Å². The summed E-state index contributed by atoms with van der Waals surface area (Å²) in [5.74, 6) is -2.06. The maximum atomic E-state index is 17.0. The van der Waals surface area contributed by atoms with E-state index in [9.17, 15) is 23.6 Å². The highest BCUT2D eigenvalue weighted by molar-refractivity contribution is 7.23. The van der Waals surface area contributed by atoms with Gasteiger partial charge < -0.3 is 15.4 Å². The van der Waals surface area contributed by atoms with Crippen LogP contribution in [0, 0.1) is 28.9 Å². The lowest BCUT2D eigenvalue weighted by Crippen LogP contribution is -2.43. The number of rotatable bonds is 6. The van der Waals surface area contributed by atoms with Crippen LogP contribution in [0.5, 0.6) is 6.01 Å². The normalized spacial score (nSPS) is 22.5. The smallest absolute Gasteiger partial charge is 0.319 e. The molecule has 10 nitrogen and oxygen atoms in total. The second-order valence-corrected chi connectivity index (χ2v) is 14.9. The molecule has 0 aliphatic carbocycles. The zero-order valence-corrected chi connectivity index (χ0v) is 29.1. The molecule has 0 saturated carbocycles. The number of halogens is 4. The number of fused-ring (bicyclic) bond motifs is 3. The van der Waals surface area contributed by atoms with E-state index in [0.717, 1.165) is 35.6 Å². The Morgan fingerprint density at radius 2 is 2.02 bits per heavy atom. The Balaban J connectivity index is 1.34. The highest BCUT2D eigenvalue weighted by atomic mass is 35.5. The summed E-state index contributed by atoms with van der Waals surface area (Å²) in [6.45, 7) is 3.40. The van der Waals surface area contributed by atoms with E-state index in [4.69, 9.17) is 27.1 Å². The second kappa shape index (κ2) is 13.2. The summed E-state index contributed by atoms with van der Waals surface area (Å²) in [7, 11) is 1.47. The standard InChI is InChI=1S/C35H35ClF3N7O3S/c1-18(47)44(2)33(48)19-5-3-10-45(12-8-19)32-22-13-24(36)27(21-6-7-25(38)30-26(21)23(15-40)31(41)50-30)28(39)29(22)42-34(43-32)49-17-35-9-4-11-46(35)16-20(37)14-35/h6-7,13,19-20H,3-5,8-12,14,16-17,41H2,1-2H3/t19?,20-,35+/m1/s1. The third kappa shape index (κ3) is 5.78. The van der Waals surface area contributed by atoms with E-state index in [0.29, 0.717) is 56.5 Å². The van der Waals surface area contributed by atoms with Crippen molar-refractivity contribution in [3.8, 4) is 23.2 Å².